The Hall–Kier alpha value is -3.38. The molecule has 1 aliphatic heterocycles. The number of hydrogen-bond acceptors (Lipinski definition) is 6. The lowest BCUT2D eigenvalue weighted by molar-refractivity contribution is -0.127. The van der Waals surface area contributed by atoms with Gasteiger partial charge in [0.2, 0.25) is 5.91 Å². The Balaban J connectivity index is 1.36. The largest absolute Gasteiger partial charge is 0.494 e. The smallest absolute Gasteiger partial charge is 0.294 e. The summed E-state index contributed by atoms with van der Waals surface area (Å²) in [5.74, 6) is 0.00798. The molecule has 3 aromatic rings. The fraction of sp³-hybridized carbons (Fsp3) is 0.148. The van der Waals surface area contributed by atoms with Crippen LogP contribution < -0.4 is 14.8 Å². The van der Waals surface area contributed by atoms with Gasteiger partial charge in [0.05, 0.1) is 15.1 Å². The number of anilines is 1. The Kier molecular flexibility index (Phi) is 8.82. The Morgan fingerprint density at radius 1 is 1.05 bits per heavy atom. The lowest BCUT2D eigenvalue weighted by Crippen LogP contribution is -2.36. The first-order chi connectivity index (χ1) is 17.8. The number of halogens is 2. The topological polar surface area (TPSA) is 84.9 Å². The standard InChI is InChI=1S/C27H22FIN2O5S/c1-2-35-21-10-8-20(9-11-21)30-25(32)15-31-26(33)24(37-27(31)34)14-18-5-12-23(22(29)13-18)36-16-17-3-6-19(28)7-4-17/h3-14H,2,15-16H2,1H3,(H,30,32)/b24-14+. The molecule has 3 aromatic carbocycles. The number of imide groups is 1. The Labute approximate surface area is 231 Å². The van der Waals surface area contributed by atoms with Crippen LogP contribution in [0.15, 0.2) is 71.6 Å². The number of ether oxygens (including phenoxy) is 2. The fourth-order valence-electron chi connectivity index (χ4n) is 3.40. The van der Waals surface area contributed by atoms with Crippen LogP contribution in [0.5, 0.6) is 11.5 Å². The average molecular weight is 632 g/mol. The van der Waals surface area contributed by atoms with E-state index in [0.717, 1.165) is 25.8 Å². The van der Waals surface area contributed by atoms with Crippen LogP contribution in [0.1, 0.15) is 18.1 Å². The third-order valence-corrected chi connectivity index (χ3v) is 6.94. The minimum Gasteiger partial charge on any atom is -0.494 e. The molecular weight excluding hydrogens is 610 g/mol. The Morgan fingerprint density at radius 2 is 1.78 bits per heavy atom. The van der Waals surface area contributed by atoms with Crippen LogP contribution in [0.3, 0.4) is 0 Å². The highest BCUT2D eigenvalue weighted by molar-refractivity contribution is 14.1. The monoisotopic (exact) mass is 632 g/mol. The maximum Gasteiger partial charge on any atom is 0.294 e. The van der Waals surface area contributed by atoms with Gasteiger partial charge in [-0.1, -0.05) is 18.2 Å². The molecule has 4 rings (SSSR count). The van der Waals surface area contributed by atoms with E-state index in [-0.39, 0.29) is 23.9 Å². The van der Waals surface area contributed by atoms with Crippen LogP contribution >= 0.6 is 34.4 Å². The zero-order valence-corrected chi connectivity index (χ0v) is 22.7. The van der Waals surface area contributed by atoms with Gasteiger partial charge < -0.3 is 14.8 Å². The molecule has 0 aromatic heterocycles. The second-order valence-electron chi connectivity index (χ2n) is 7.88. The zero-order valence-electron chi connectivity index (χ0n) is 19.7. The molecule has 1 N–H and O–H groups in total. The third-order valence-electron chi connectivity index (χ3n) is 5.19. The molecule has 3 amide bonds. The van der Waals surface area contributed by atoms with E-state index < -0.39 is 17.1 Å². The molecule has 37 heavy (non-hydrogen) atoms. The van der Waals surface area contributed by atoms with Crippen LogP contribution in [0.4, 0.5) is 14.9 Å². The van der Waals surface area contributed by atoms with Gasteiger partial charge in [0, 0.05) is 5.69 Å². The lowest BCUT2D eigenvalue weighted by Gasteiger charge is -2.13. The van der Waals surface area contributed by atoms with Gasteiger partial charge in [0.1, 0.15) is 30.5 Å². The first-order valence-corrected chi connectivity index (χ1v) is 13.2. The van der Waals surface area contributed by atoms with Gasteiger partial charge in [-0.3, -0.25) is 19.3 Å². The number of carbonyl (C=O) groups excluding carboxylic acids is 3. The van der Waals surface area contributed by atoms with Crippen molar-refractivity contribution in [2.45, 2.75) is 13.5 Å². The molecule has 0 radical (unpaired) electrons. The third kappa shape index (κ3) is 7.10. The normalized spacial score (nSPS) is 14.2. The molecule has 1 saturated heterocycles. The average Bonchev–Trinajstić information content (AvgIpc) is 3.13. The van der Waals surface area contributed by atoms with Crippen LogP contribution in [-0.2, 0) is 16.2 Å². The number of benzene rings is 3. The molecule has 0 bridgehead atoms. The van der Waals surface area contributed by atoms with Gasteiger partial charge in [-0.2, -0.15) is 0 Å². The van der Waals surface area contributed by atoms with Gasteiger partial charge >= 0.3 is 0 Å². The first kappa shape index (κ1) is 26.7. The highest BCUT2D eigenvalue weighted by Gasteiger charge is 2.36. The van der Waals surface area contributed by atoms with Crippen molar-refractivity contribution < 1.29 is 28.2 Å². The van der Waals surface area contributed by atoms with Crippen molar-refractivity contribution >= 4 is 63.2 Å². The van der Waals surface area contributed by atoms with Gasteiger partial charge in [0.15, 0.2) is 0 Å². The number of nitrogens with zero attached hydrogens (tertiary/aromatic N) is 1. The molecule has 0 unspecified atom stereocenters. The minimum atomic E-state index is -0.525. The molecule has 0 saturated carbocycles. The summed E-state index contributed by atoms with van der Waals surface area (Å²) in [6, 6.07) is 18.3. The van der Waals surface area contributed by atoms with Crippen molar-refractivity contribution in [3.63, 3.8) is 0 Å². The summed E-state index contributed by atoms with van der Waals surface area (Å²) in [4.78, 5) is 38.9. The SMILES string of the molecule is CCOc1ccc(NC(=O)CN2C(=O)S/C(=C/c3ccc(OCc4ccc(F)cc4)c(I)c3)C2=O)cc1. The molecule has 1 heterocycles. The predicted octanol–water partition coefficient (Wildman–Crippen LogP) is 6.08. The van der Waals surface area contributed by atoms with Crippen molar-refractivity contribution in [2.75, 3.05) is 18.5 Å². The number of thioether (sulfide) groups is 1. The minimum absolute atomic E-state index is 0.231. The molecule has 190 valence electrons. The van der Waals surface area contributed by atoms with Gasteiger partial charge in [-0.15, -0.1) is 0 Å². The van der Waals surface area contributed by atoms with Gasteiger partial charge in [0.25, 0.3) is 11.1 Å². The Morgan fingerprint density at radius 3 is 2.46 bits per heavy atom. The van der Waals surface area contributed by atoms with E-state index >= 15 is 0 Å². The van der Waals surface area contributed by atoms with E-state index in [1.165, 1.54) is 12.1 Å². The fourth-order valence-corrected chi connectivity index (χ4v) is 4.93. The number of rotatable bonds is 9. The number of hydrogen-bond donors (Lipinski definition) is 1. The van der Waals surface area contributed by atoms with Gasteiger partial charge in [-0.05, 0) is 107 Å². The second-order valence-corrected chi connectivity index (χ2v) is 10.0. The van der Waals surface area contributed by atoms with Crippen molar-refractivity contribution in [3.05, 3.63) is 92.1 Å². The summed E-state index contributed by atoms with van der Waals surface area (Å²) >= 11 is 2.91. The predicted molar refractivity (Wildman–Crippen MR) is 149 cm³/mol. The number of amides is 3. The Bertz CT molecular complexity index is 1350. The molecule has 1 aliphatic rings. The van der Waals surface area contributed by atoms with E-state index in [9.17, 15) is 18.8 Å². The number of carbonyl (C=O) groups is 3. The van der Waals surface area contributed by atoms with Crippen molar-refractivity contribution in [1.29, 1.82) is 0 Å². The van der Waals surface area contributed by atoms with Crippen LogP contribution in [0, 0.1) is 9.39 Å². The maximum atomic E-state index is 13.1. The molecule has 10 heteroatoms. The van der Waals surface area contributed by atoms with Crippen LogP contribution in [-0.4, -0.2) is 35.1 Å². The van der Waals surface area contributed by atoms with E-state index in [1.807, 2.05) is 13.0 Å². The van der Waals surface area contributed by atoms with E-state index in [2.05, 4.69) is 27.9 Å². The quantitative estimate of drug-likeness (QED) is 0.227. The van der Waals surface area contributed by atoms with E-state index in [1.54, 1.807) is 54.6 Å². The summed E-state index contributed by atoms with van der Waals surface area (Å²) in [6.07, 6.45) is 1.61. The summed E-state index contributed by atoms with van der Waals surface area (Å²) < 4.78 is 25.1. The first-order valence-electron chi connectivity index (χ1n) is 11.3. The van der Waals surface area contributed by atoms with Crippen LogP contribution in [0.2, 0.25) is 0 Å². The van der Waals surface area contributed by atoms with E-state index in [0.29, 0.717) is 29.4 Å². The highest BCUT2D eigenvalue weighted by Crippen LogP contribution is 2.33. The molecule has 7 nitrogen and oxygen atoms in total. The summed E-state index contributed by atoms with van der Waals surface area (Å²) in [6.45, 7) is 2.31. The maximum absolute atomic E-state index is 13.1. The summed E-state index contributed by atoms with van der Waals surface area (Å²) in [5, 5.41) is 2.17. The van der Waals surface area contributed by atoms with Crippen LogP contribution in [0.25, 0.3) is 6.08 Å². The highest BCUT2D eigenvalue weighted by atomic mass is 127. The number of nitrogens with one attached hydrogen (secondary N) is 1. The zero-order chi connectivity index (χ0) is 26.4. The molecule has 1 fully saturated rings. The molecule has 0 spiro atoms. The summed E-state index contributed by atoms with van der Waals surface area (Å²) in [7, 11) is 0. The van der Waals surface area contributed by atoms with Gasteiger partial charge in [-0.25, -0.2) is 4.39 Å². The van der Waals surface area contributed by atoms with E-state index in [4.69, 9.17) is 9.47 Å². The molecule has 0 atom stereocenters. The summed E-state index contributed by atoms with van der Waals surface area (Å²) in [5.41, 5.74) is 2.08. The lowest BCUT2D eigenvalue weighted by atomic mass is 10.2. The van der Waals surface area contributed by atoms with Crippen molar-refractivity contribution in [3.8, 4) is 11.5 Å². The van der Waals surface area contributed by atoms with Crippen molar-refractivity contribution in [1.82, 2.24) is 4.90 Å². The molecule has 0 aliphatic carbocycles. The van der Waals surface area contributed by atoms with Crippen molar-refractivity contribution in [2.24, 2.45) is 0 Å². The second kappa shape index (κ2) is 12.2. The molecular formula is C27H22FIN2O5S.